The van der Waals surface area contributed by atoms with Crippen molar-refractivity contribution in [2.45, 2.75) is 27.7 Å². The lowest BCUT2D eigenvalue weighted by molar-refractivity contribution is 0.505. The Morgan fingerprint density at radius 2 is 0.591 bits per heavy atom. The molecule has 0 heterocycles. The molecule has 0 unspecified atom stereocenters. The van der Waals surface area contributed by atoms with E-state index in [1.54, 1.807) is 0 Å². The number of fused-ring (bicyclic) bond motifs is 1. The topological polar surface area (TPSA) is 6.48 Å². The van der Waals surface area contributed by atoms with Crippen LogP contribution in [-0.2, 0) is 0 Å². The van der Waals surface area contributed by atoms with Gasteiger partial charge in [-0.05, 0) is 53.1 Å². The van der Waals surface area contributed by atoms with Crippen molar-refractivity contribution >= 4 is 10.8 Å². The average molecular weight is 307 g/mol. The van der Waals surface area contributed by atoms with Crippen LogP contribution in [0.15, 0.2) is 48.5 Å². The Balaban J connectivity index is -0.000000256. The molecule has 0 aliphatic heterocycles. The molecule has 0 N–H and O–H groups in total. The van der Waals surface area contributed by atoms with E-state index >= 15 is 0 Å². The highest BCUT2D eigenvalue weighted by Gasteiger charge is 1.85. The van der Waals surface area contributed by atoms with Crippen LogP contribution in [0, 0.1) is 0 Å². The summed E-state index contributed by atoms with van der Waals surface area (Å²) in [6.07, 6.45) is 0. The quantitative estimate of drug-likeness (QED) is 0.656. The summed E-state index contributed by atoms with van der Waals surface area (Å²) in [5.74, 6) is 0. The second-order valence-electron chi connectivity index (χ2n) is 5.03. The van der Waals surface area contributed by atoms with Gasteiger partial charge in [0.2, 0.25) is 0 Å². The third-order valence-corrected chi connectivity index (χ3v) is 1.66. The molecule has 2 heteroatoms. The first-order valence-corrected chi connectivity index (χ1v) is 8.09. The zero-order valence-electron chi connectivity index (χ0n) is 16.5. The van der Waals surface area contributed by atoms with Crippen molar-refractivity contribution in [3.63, 3.8) is 0 Å². The van der Waals surface area contributed by atoms with Crippen LogP contribution < -0.4 is 0 Å². The summed E-state index contributed by atoms with van der Waals surface area (Å²) in [6.45, 7) is 8.00. The molecule has 128 valence electrons. The molecule has 22 heavy (non-hydrogen) atoms. The van der Waals surface area contributed by atoms with Gasteiger partial charge in [0.15, 0.2) is 0 Å². The number of nitrogens with zero attached hydrogens (tertiary/aromatic N) is 2. The van der Waals surface area contributed by atoms with Crippen LogP contribution in [0.4, 0.5) is 0 Å². The minimum Gasteiger partial charge on any atom is -0.312 e. The molecule has 0 fully saturated rings. The van der Waals surface area contributed by atoms with E-state index in [4.69, 9.17) is 0 Å². The Kier molecular flexibility index (Phi) is 22.8. The second kappa shape index (κ2) is 19.6. The Labute approximate surface area is 139 Å². The van der Waals surface area contributed by atoms with Crippen LogP contribution in [0.5, 0.6) is 0 Å². The minimum atomic E-state index is 1.31. The predicted octanol–water partition coefficient (Wildman–Crippen LogP) is 5.25. The number of rotatable bonds is 0. The molecule has 2 nitrogen and oxygen atoms in total. The summed E-state index contributed by atoms with van der Waals surface area (Å²) >= 11 is 0. The third-order valence-electron chi connectivity index (χ3n) is 1.66. The maximum Gasteiger partial charge on any atom is -0.0140 e. The molecule has 2 aromatic carbocycles. The van der Waals surface area contributed by atoms with Crippen molar-refractivity contribution in [3.05, 3.63) is 48.5 Å². The van der Waals surface area contributed by atoms with Crippen molar-refractivity contribution in [1.82, 2.24) is 9.80 Å². The monoisotopic (exact) mass is 306 g/mol. The van der Waals surface area contributed by atoms with E-state index in [0.717, 1.165) is 0 Å². The highest BCUT2D eigenvalue weighted by atomic mass is 15.0. The SMILES string of the molecule is CC.CC.CN(C)C.CN(C)C.c1ccc2ccccc2c1. The van der Waals surface area contributed by atoms with Gasteiger partial charge in [-0.1, -0.05) is 76.2 Å². The van der Waals surface area contributed by atoms with E-state index in [1.165, 1.54) is 10.8 Å². The van der Waals surface area contributed by atoms with Gasteiger partial charge in [0.25, 0.3) is 0 Å². The number of benzene rings is 2. The third kappa shape index (κ3) is 20.9. The van der Waals surface area contributed by atoms with Gasteiger partial charge in [0.05, 0.1) is 0 Å². The molecule has 0 saturated carbocycles. The lowest BCUT2D eigenvalue weighted by Crippen LogP contribution is -1.99. The van der Waals surface area contributed by atoms with Crippen molar-refractivity contribution in [2.75, 3.05) is 42.3 Å². The van der Waals surface area contributed by atoms with E-state index < -0.39 is 0 Å². The van der Waals surface area contributed by atoms with E-state index in [9.17, 15) is 0 Å². The average Bonchev–Trinajstić information content (AvgIpc) is 2.50. The Morgan fingerprint density at radius 1 is 0.455 bits per heavy atom. The number of hydrogen-bond acceptors (Lipinski definition) is 2. The zero-order valence-corrected chi connectivity index (χ0v) is 16.5. The molecule has 0 bridgehead atoms. The molecule has 0 aliphatic rings. The summed E-state index contributed by atoms with van der Waals surface area (Å²) < 4.78 is 0. The fourth-order valence-electron chi connectivity index (χ4n) is 1.13. The largest absolute Gasteiger partial charge is 0.312 e. The van der Waals surface area contributed by atoms with Gasteiger partial charge in [-0.25, -0.2) is 0 Å². The van der Waals surface area contributed by atoms with E-state index in [0.29, 0.717) is 0 Å². The van der Waals surface area contributed by atoms with Crippen LogP contribution >= 0.6 is 0 Å². The predicted molar refractivity (Wildman–Crippen MR) is 106 cm³/mol. The van der Waals surface area contributed by atoms with Crippen LogP contribution in [0.25, 0.3) is 10.8 Å². The highest BCUT2D eigenvalue weighted by Crippen LogP contribution is 2.11. The minimum absolute atomic E-state index is 1.31. The molecule has 0 aliphatic carbocycles. The summed E-state index contributed by atoms with van der Waals surface area (Å²) in [6, 6.07) is 16.7. The molecular weight excluding hydrogens is 268 g/mol. The van der Waals surface area contributed by atoms with Crippen LogP contribution in [0.1, 0.15) is 27.7 Å². The lowest BCUT2D eigenvalue weighted by Gasteiger charge is -1.92. The Hall–Kier alpha value is -1.38. The second-order valence-corrected chi connectivity index (χ2v) is 5.03. The molecule has 0 aromatic heterocycles. The van der Waals surface area contributed by atoms with Gasteiger partial charge >= 0.3 is 0 Å². The molecule has 2 rings (SSSR count). The molecule has 0 spiro atoms. The van der Waals surface area contributed by atoms with Gasteiger partial charge in [-0.3, -0.25) is 0 Å². The zero-order chi connectivity index (χ0) is 18.0. The normalized spacial score (nSPS) is 8.36. The fourth-order valence-corrected chi connectivity index (χ4v) is 1.13. The summed E-state index contributed by atoms with van der Waals surface area (Å²) in [5, 5.41) is 2.62. The Morgan fingerprint density at radius 3 is 0.727 bits per heavy atom. The van der Waals surface area contributed by atoms with E-state index in [2.05, 4.69) is 48.5 Å². The maximum absolute atomic E-state index is 2.12. The van der Waals surface area contributed by atoms with Crippen LogP contribution in [0.3, 0.4) is 0 Å². The smallest absolute Gasteiger partial charge is 0.0140 e. The van der Waals surface area contributed by atoms with Gasteiger partial charge in [0.1, 0.15) is 0 Å². The maximum atomic E-state index is 2.12. The van der Waals surface area contributed by atoms with Gasteiger partial charge < -0.3 is 9.80 Å². The van der Waals surface area contributed by atoms with Gasteiger partial charge in [-0.2, -0.15) is 0 Å². The molecular formula is C20H38N2. The first-order chi connectivity index (χ1) is 10.4. The summed E-state index contributed by atoms with van der Waals surface area (Å²) in [4.78, 5) is 4.00. The van der Waals surface area contributed by atoms with Crippen molar-refractivity contribution in [2.24, 2.45) is 0 Å². The number of hydrogen-bond donors (Lipinski definition) is 0. The van der Waals surface area contributed by atoms with Gasteiger partial charge in [0, 0.05) is 0 Å². The van der Waals surface area contributed by atoms with Crippen LogP contribution in [-0.4, -0.2) is 52.1 Å². The first kappa shape index (κ1) is 25.6. The summed E-state index contributed by atoms with van der Waals surface area (Å²) in [7, 11) is 12.0. The van der Waals surface area contributed by atoms with Crippen molar-refractivity contribution in [1.29, 1.82) is 0 Å². The Bertz CT molecular complexity index is 346. The molecule has 0 radical (unpaired) electrons. The first-order valence-electron chi connectivity index (χ1n) is 8.09. The lowest BCUT2D eigenvalue weighted by atomic mass is 10.1. The summed E-state index contributed by atoms with van der Waals surface area (Å²) in [5.41, 5.74) is 0. The van der Waals surface area contributed by atoms with Crippen molar-refractivity contribution in [3.8, 4) is 0 Å². The van der Waals surface area contributed by atoms with Gasteiger partial charge in [-0.15, -0.1) is 0 Å². The highest BCUT2D eigenvalue weighted by molar-refractivity contribution is 5.81. The molecule has 0 saturated heterocycles. The molecule has 2 aromatic rings. The van der Waals surface area contributed by atoms with E-state index in [-0.39, 0.29) is 0 Å². The van der Waals surface area contributed by atoms with Crippen LogP contribution in [0.2, 0.25) is 0 Å². The standard InChI is InChI=1S/C10H8.2C3H9N.2C2H6/c1-2-6-10-8-4-3-7-9(10)5-1;2*1-4(2)3;2*1-2/h1-8H;2*1-3H3;2*1-2H3. The fraction of sp³-hybridized carbons (Fsp3) is 0.500. The molecule has 0 amide bonds. The van der Waals surface area contributed by atoms with E-state index in [1.807, 2.05) is 79.8 Å². The molecule has 0 atom stereocenters. The van der Waals surface area contributed by atoms with Crippen molar-refractivity contribution < 1.29 is 0 Å².